The van der Waals surface area contributed by atoms with Crippen LogP contribution in [0, 0.1) is 0 Å². The molecular formula is C21H25F3N4O5. The molecule has 33 heavy (non-hydrogen) atoms. The Morgan fingerprint density at radius 3 is 2.21 bits per heavy atom. The van der Waals surface area contributed by atoms with Crippen molar-refractivity contribution in [3.63, 3.8) is 0 Å². The van der Waals surface area contributed by atoms with Crippen molar-refractivity contribution in [2.75, 3.05) is 57.4 Å². The molecule has 4 rings (SSSR count). The van der Waals surface area contributed by atoms with E-state index in [-0.39, 0.29) is 38.0 Å². The van der Waals surface area contributed by atoms with Crippen LogP contribution in [-0.4, -0.2) is 85.3 Å². The predicted molar refractivity (Wildman–Crippen MR) is 109 cm³/mol. The maximum absolute atomic E-state index is 13.8. The van der Waals surface area contributed by atoms with Crippen LogP contribution in [0.4, 0.5) is 23.7 Å². The lowest BCUT2D eigenvalue weighted by Crippen LogP contribution is -2.50. The van der Waals surface area contributed by atoms with Gasteiger partial charge in [0.1, 0.15) is 0 Å². The largest absolute Gasteiger partial charge is 0.434 e. The van der Waals surface area contributed by atoms with E-state index in [0.717, 1.165) is 0 Å². The van der Waals surface area contributed by atoms with Crippen molar-refractivity contribution in [2.45, 2.75) is 25.6 Å². The molecule has 0 bridgehead atoms. The average molecular weight is 470 g/mol. The van der Waals surface area contributed by atoms with Crippen LogP contribution in [0.3, 0.4) is 0 Å². The summed E-state index contributed by atoms with van der Waals surface area (Å²) in [6.07, 6.45) is -5.29. The molecule has 0 radical (unpaired) electrons. The third kappa shape index (κ3) is 5.38. The molecule has 0 aliphatic carbocycles. The third-order valence-electron chi connectivity index (χ3n) is 5.97. The van der Waals surface area contributed by atoms with Gasteiger partial charge in [-0.15, -0.1) is 5.06 Å². The zero-order valence-corrected chi connectivity index (χ0v) is 18.0. The Bertz CT molecular complexity index is 896. The summed E-state index contributed by atoms with van der Waals surface area (Å²) in [5, 5.41) is 0.486. The number of piperazine rings is 1. The molecular weight excluding hydrogens is 445 g/mol. The van der Waals surface area contributed by atoms with E-state index in [2.05, 4.69) is 0 Å². The van der Waals surface area contributed by atoms with Crippen molar-refractivity contribution >= 4 is 23.6 Å². The number of rotatable bonds is 4. The maximum Gasteiger partial charge on any atom is 0.434 e. The van der Waals surface area contributed by atoms with Crippen molar-refractivity contribution < 1.29 is 37.1 Å². The van der Waals surface area contributed by atoms with E-state index in [1.165, 1.54) is 17.0 Å². The van der Waals surface area contributed by atoms with Crippen molar-refractivity contribution in [1.29, 1.82) is 0 Å². The molecule has 1 aromatic rings. The van der Waals surface area contributed by atoms with Crippen LogP contribution in [-0.2, 0) is 31.9 Å². The highest BCUT2D eigenvalue weighted by Gasteiger charge is 2.36. The first-order valence-corrected chi connectivity index (χ1v) is 10.8. The van der Waals surface area contributed by atoms with E-state index >= 15 is 0 Å². The molecule has 3 saturated heterocycles. The van der Waals surface area contributed by atoms with Gasteiger partial charge in [-0.3, -0.25) is 14.5 Å². The van der Waals surface area contributed by atoms with E-state index in [1.54, 1.807) is 6.07 Å². The first kappa shape index (κ1) is 23.3. The smallest absolute Gasteiger partial charge is 0.378 e. The quantitative estimate of drug-likeness (QED) is 0.622. The Kier molecular flexibility index (Phi) is 6.75. The average Bonchev–Trinajstić information content (AvgIpc) is 3.11. The van der Waals surface area contributed by atoms with Crippen LogP contribution in [0.2, 0.25) is 0 Å². The summed E-state index contributed by atoms with van der Waals surface area (Å²) in [5.74, 6) is -1.13. The number of carbonyl (C=O) groups is 3. The minimum absolute atomic E-state index is 0.00571. The van der Waals surface area contributed by atoms with Crippen molar-refractivity contribution in [1.82, 2.24) is 14.9 Å². The van der Waals surface area contributed by atoms with E-state index in [9.17, 15) is 27.6 Å². The zero-order valence-electron chi connectivity index (χ0n) is 18.0. The Labute approximate surface area is 188 Å². The number of morpholine rings is 1. The number of hydrogen-bond acceptors (Lipinski definition) is 7. The Balaban J connectivity index is 1.37. The number of halogens is 3. The fraction of sp³-hybridized carbons (Fsp3) is 0.571. The molecule has 3 fully saturated rings. The molecule has 3 aliphatic heterocycles. The molecule has 12 heteroatoms. The van der Waals surface area contributed by atoms with E-state index < -0.39 is 29.6 Å². The van der Waals surface area contributed by atoms with Gasteiger partial charge < -0.3 is 19.4 Å². The van der Waals surface area contributed by atoms with Crippen LogP contribution in [0.1, 0.15) is 24.0 Å². The number of benzene rings is 1. The van der Waals surface area contributed by atoms with Crippen LogP contribution < -0.4 is 4.90 Å². The van der Waals surface area contributed by atoms with Crippen molar-refractivity contribution in [3.8, 4) is 0 Å². The predicted octanol–water partition coefficient (Wildman–Crippen LogP) is 1.86. The number of anilines is 1. The number of carbonyl (C=O) groups excluding carboxylic acids is 3. The lowest BCUT2D eigenvalue weighted by Gasteiger charge is -2.35. The van der Waals surface area contributed by atoms with Gasteiger partial charge >= 0.3 is 12.3 Å². The normalized spacial score (nSPS) is 20.5. The first-order valence-electron chi connectivity index (χ1n) is 10.8. The number of nitrogens with zero attached hydrogens (tertiary/aromatic N) is 4. The molecule has 3 amide bonds. The van der Waals surface area contributed by atoms with E-state index in [4.69, 9.17) is 9.57 Å². The molecule has 1 aromatic carbocycles. The van der Waals surface area contributed by atoms with Crippen molar-refractivity contribution in [3.05, 3.63) is 29.3 Å². The number of hydroxylamine groups is 2. The van der Waals surface area contributed by atoms with Gasteiger partial charge in [0.2, 0.25) is 0 Å². The van der Waals surface area contributed by atoms with E-state index in [1.807, 2.05) is 9.80 Å². The molecule has 0 unspecified atom stereocenters. The maximum atomic E-state index is 13.8. The summed E-state index contributed by atoms with van der Waals surface area (Å²) in [6, 6.07) is 4.41. The zero-order chi connectivity index (χ0) is 23.6. The monoisotopic (exact) mass is 470 g/mol. The Morgan fingerprint density at radius 1 is 0.970 bits per heavy atom. The third-order valence-corrected chi connectivity index (χ3v) is 5.97. The number of ether oxygens (including phenoxy) is 1. The summed E-state index contributed by atoms with van der Waals surface area (Å²) < 4.78 is 46.6. The Hall–Kier alpha value is -2.86. The van der Waals surface area contributed by atoms with Gasteiger partial charge in [-0.2, -0.15) is 13.2 Å². The molecule has 9 nitrogen and oxygen atoms in total. The summed E-state index contributed by atoms with van der Waals surface area (Å²) >= 11 is 0. The molecule has 0 spiro atoms. The lowest BCUT2D eigenvalue weighted by molar-refractivity contribution is -0.174. The summed E-state index contributed by atoms with van der Waals surface area (Å²) in [7, 11) is 0. The molecule has 3 heterocycles. The van der Waals surface area contributed by atoms with Gasteiger partial charge in [-0.05, 0) is 17.7 Å². The van der Waals surface area contributed by atoms with Gasteiger partial charge in [-0.25, -0.2) is 4.79 Å². The van der Waals surface area contributed by atoms with Gasteiger partial charge in [0.25, 0.3) is 11.8 Å². The molecule has 3 aliphatic rings. The lowest BCUT2D eigenvalue weighted by atomic mass is 10.0. The van der Waals surface area contributed by atoms with Gasteiger partial charge in [0.05, 0.1) is 18.8 Å². The summed E-state index contributed by atoms with van der Waals surface area (Å²) in [6.45, 7) is 3.23. The SMILES string of the molecule is O=C(ON1C(=O)CCC1=O)N1CCN(Cc2ccc(N3CCOCC3)cc2C(F)(F)F)CC1. The van der Waals surface area contributed by atoms with Gasteiger partial charge in [0.15, 0.2) is 0 Å². The fourth-order valence-electron chi connectivity index (χ4n) is 4.11. The fourth-order valence-corrected chi connectivity index (χ4v) is 4.11. The summed E-state index contributed by atoms with van der Waals surface area (Å²) in [4.78, 5) is 45.4. The van der Waals surface area contributed by atoms with Crippen LogP contribution in [0.15, 0.2) is 18.2 Å². The molecule has 180 valence electrons. The minimum atomic E-state index is -4.49. The van der Waals surface area contributed by atoms with E-state index in [0.29, 0.717) is 50.1 Å². The van der Waals surface area contributed by atoms with Crippen molar-refractivity contribution in [2.24, 2.45) is 0 Å². The second-order valence-electron chi connectivity index (χ2n) is 8.14. The number of imide groups is 1. The first-order chi connectivity index (χ1) is 15.7. The highest BCUT2D eigenvalue weighted by atomic mass is 19.4. The number of alkyl halides is 3. The highest BCUT2D eigenvalue weighted by molar-refractivity contribution is 6.01. The molecule has 0 N–H and O–H groups in total. The minimum Gasteiger partial charge on any atom is -0.378 e. The molecule has 0 atom stereocenters. The molecule has 0 aromatic heterocycles. The second kappa shape index (κ2) is 9.56. The second-order valence-corrected chi connectivity index (χ2v) is 8.14. The topological polar surface area (TPSA) is 82.6 Å². The van der Waals surface area contributed by atoms with Crippen LogP contribution in [0.25, 0.3) is 0 Å². The Morgan fingerprint density at radius 2 is 1.61 bits per heavy atom. The standard InChI is InChI=1S/C21H25F3N4O5/c22-21(23,24)17-13-16(26-9-11-32-12-10-26)2-1-15(17)14-25-5-7-27(8-6-25)20(31)33-28-18(29)3-4-19(28)30/h1-2,13H,3-12,14H2. The van der Waals surface area contributed by atoms with Crippen LogP contribution >= 0.6 is 0 Å². The van der Waals surface area contributed by atoms with Gasteiger partial charge in [-0.1, -0.05) is 6.07 Å². The summed E-state index contributed by atoms with van der Waals surface area (Å²) in [5.41, 5.74) is 0.0242. The molecule has 0 saturated carbocycles. The number of amides is 3. The highest BCUT2D eigenvalue weighted by Crippen LogP contribution is 2.35. The van der Waals surface area contributed by atoms with Crippen LogP contribution in [0.5, 0.6) is 0 Å². The number of hydrogen-bond donors (Lipinski definition) is 0. The van der Waals surface area contributed by atoms with Gasteiger partial charge in [0, 0.05) is 64.3 Å².